The summed E-state index contributed by atoms with van der Waals surface area (Å²) < 4.78 is 0. The molecule has 0 aliphatic heterocycles. The van der Waals surface area contributed by atoms with Gasteiger partial charge in [0.05, 0.1) is 0 Å². The highest BCUT2D eigenvalue weighted by Gasteiger charge is 2.24. The van der Waals surface area contributed by atoms with Gasteiger partial charge in [0.15, 0.2) is 0 Å². The molecule has 2 atom stereocenters. The Morgan fingerprint density at radius 3 is 2.05 bits per heavy atom. The van der Waals surface area contributed by atoms with Gasteiger partial charge in [-0.1, -0.05) is 43.7 Å². The molecule has 1 aromatic rings. The van der Waals surface area contributed by atoms with Gasteiger partial charge in [0, 0.05) is 18.1 Å². The van der Waals surface area contributed by atoms with Crippen molar-refractivity contribution in [1.82, 2.24) is 10.2 Å². The van der Waals surface area contributed by atoms with E-state index in [1.807, 2.05) is 0 Å². The van der Waals surface area contributed by atoms with E-state index in [1.165, 1.54) is 11.1 Å². The van der Waals surface area contributed by atoms with Crippen LogP contribution < -0.4 is 5.32 Å². The molecule has 1 N–H and O–H groups in total. The minimum atomic E-state index is 0.396. The summed E-state index contributed by atoms with van der Waals surface area (Å²) in [5.74, 6) is 0. The van der Waals surface area contributed by atoms with Crippen molar-refractivity contribution in [2.24, 2.45) is 0 Å². The molecular weight excluding hydrogens is 232 g/mol. The monoisotopic (exact) mass is 262 g/mol. The number of hydrogen-bond acceptors (Lipinski definition) is 2. The molecule has 0 radical (unpaired) electrons. The van der Waals surface area contributed by atoms with Gasteiger partial charge in [-0.15, -0.1) is 0 Å². The van der Waals surface area contributed by atoms with E-state index in [2.05, 4.69) is 76.0 Å². The summed E-state index contributed by atoms with van der Waals surface area (Å²) in [7, 11) is 0. The van der Waals surface area contributed by atoms with Crippen molar-refractivity contribution in [2.75, 3.05) is 13.1 Å². The molecule has 0 saturated carbocycles. The van der Waals surface area contributed by atoms with Crippen LogP contribution in [0.1, 0.15) is 51.8 Å². The van der Waals surface area contributed by atoms with Gasteiger partial charge in [0.1, 0.15) is 0 Å². The summed E-state index contributed by atoms with van der Waals surface area (Å²) in [6.07, 6.45) is 0. The first kappa shape index (κ1) is 16.2. The number of aryl methyl sites for hydroxylation is 1. The summed E-state index contributed by atoms with van der Waals surface area (Å²) in [5, 5.41) is 3.65. The van der Waals surface area contributed by atoms with Crippen molar-refractivity contribution >= 4 is 0 Å². The number of hydrogen-bond donors (Lipinski definition) is 1. The lowest BCUT2D eigenvalue weighted by molar-refractivity contribution is 0.140. The molecule has 0 spiro atoms. The molecule has 2 heteroatoms. The van der Waals surface area contributed by atoms with Crippen LogP contribution >= 0.6 is 0 Å². The molecule has 19 heavy (non-hydrogen) atoms. The Kier molecular flexibility index (Phi) is 6.53. The van der Waals surface area contributed by atoms with E-state index in [4.69, 9.17) is 0 Å². The second-order valence-electron chi connectivity index (χ2n) is 5.61. The fourth-order valence-corrected chi connectivity index (χ4v) is 2.88. The molecule has 0 aromatic heterocycles. The normalized spacial score (nSPS) is 14.9. The summed E-state index contributed by atoms with van der Waals surface area (Å²) >= 11 is 0. The number of likely N-dealkylation sites (N-methyl/N-ethyl adjacent to an activating group) is 2. The standard InChI is InChI=1S/C17H30N2/c1-7-18-17(15(6)19(8-2)13(3)4)16-11-9-14(5)10-12-16/h9-13,15,17-18H,7-8H2,1-6H3. The minimum absolute atomic E-state index is 0.396. The first-order valence-corrected chi connectivity index (χ1v) is 7.56. The van der Waals surface area contributed by atoms with E-state index in [0.717, 1.165) is 13.1 Å². The third-order valence-electron chi connectivity index (χ3n) is 3.89. The molecule has 108 valence electrons. The lowest BCUT2D eigenvalue weighted by Gasteiger charge is -2.37. The Balaban J connectivity index is 2.95. The molecular formula is C17H30N2. The Morgan fingerprint density at radius 1 is 1.05 bits per heavy atom. The maximum atomic E-state index is 3.65. The molecule has 0 fully saturated rings. The highest BCUT2D eigenvalue weighted by molar-refractivity contribution is 5.25. The quantitative estimate of drug-likeness (QED) is 0.805. The number of benzene rings is 1. The smallest absolute Gasteiger partial charge is 0.0475 e. The molecule has 1 rings (SSSR count). The highest BCUT2D eigenvalue weighted by Crippen LogP contribution is 2.23. The van der Waals surface area contributed by atoms with Crippen LogP contribution in [-0.4, -0.2) is 30.1 Å². The lowest BCUT2D eigenvalue weighted by atomic mass is 9.97. The van der Waals surface area contributed by atoms with Crippen LogP contribution in [0, 0.1) is 6.92 Å². The van der Waals surface area contributed by atoms with Gasteiger partial charge in [0.25, 0.3) is 0 Å². The van der Waals surface area contributed by atoms with Crippen molar-refractivity contribution in [3.05, 3.63) is 35.4 Å². The van der Waals surface area contributed by atoms with E-state index in [1.54, 1.807) is 0 Å². The molecule has 2 nitrogen and oxygen atoms in total. The topological polar surface area (TPSA) is 15.3 Å². The predicted molar refractivity (Wildman–Crippen MR) is 84.6 cm³/mol. The van der Waals surface area contributed by atoms with Crippen LogP contribution in [0.2, 0.25) is 0 Å². The van der Waals surface area contributed by atoms with Crippen LogP contribution in [-0.2, 0) is 0 Å². The van der Waals surface area contributed by atoms with Crippen molar-refractivity contribution in [1.29, 1.82) is 0 Å². The van der Waals surface area contributed by atoms with Crippen LogP contribution in [0.5, 0.6) is 0 Å². The van der Waals surface area contributed by atoms with Crippen molar-refractivity contribution in [3.63, 3.8) is 0 Å². The SMILES string of the molecule is CCNC(c1ccc(C)cc1)C(C)N(CC)C(C)C. The summed E-state index contributed by atoms with van der Waals surface area (Å²) in [6.45, 7) is 15.5. The fourth-order valence-electron chi connectivity index (χ4n) is 2.88. The molecule has 0 saturated heterocycles. The zero-order chi connectivity index (χ0) is 14.4. The molecule has 2 unspecified atom stereocenters. The summed E-state index contributed by atoms with van der Waals surface area (Å²) in [4.78, 5) is 2.55. The Hall–Kier alpha value is -0.860. The van der Waals surface area contributed by atoms with Crippen LogP contribution in [0.4, 0.5) is 0 Å². The summed E-state index contributed by atoms with van der Waals surface area (Å²) in [6, 6.07) is 10.4. The number of rotatable bonds is 7. The number of nitrogens with zero attached hydrogens (tertiary/aromatic N) is 1. The van der Waals surface area contributed by atoms with Crippen LogP contribution in [0.15, 0.2) is 24.3 Å². The van der Waals surface area contributed by atoms with Crippen molar-refractivity contribution < 1.29 is 0 Å². The average Bonchev–Trinajstić information content (AvgIpc) is 2.37. The van der Waals surface area contributed by atoms with Crippen LogP contribution in [0.25, 0.3) is 0 Å². The third kappa shape index (κ3) is 4.32. The third-order valence-corrected chi connectivity index (χ3v) is 3.89. The summed E-state index contributed by atoms with van der Waals surface area (Å²) in [5.41, 5.74) is 2.71. The van der Waals surface area contributed by atoms with E-state index in [0.29, 0.717) is 18.1 Å². The minimum Gasteiger partial charge on any atom is -0.309 e. The Labute approximate surface area is 119 Å². The molecule has 1 aromatic carbocycles. The maximum Gasteiger partial charge on any atom is 0.0475 e. The van der Waals surface area contributed by atoms with E-state index in [9.17, 15) is 0 Å². The molecule has 0 aliphatic carbocycles. The van der Waals surface area contributed by atoms with Crippen molar-refractivity contribution in [2.45, 2.75) is 59.7 Å². The zero-order valence-electron chi connectivity index (χ0n) is 13.4. The maximum absolute atomic E-state index is 3.65. The first-order valence-electron chi connectivity index (χ1n) is 7.56. The second kappa shape index (κ2) is 7.66. The van der Waals surface area contributed by atoms with E-state index < -0.39 is 0 Å². The van der Waals surface area contributed by atoms with Gasteiger partial charge >= 0.3 is 0 Å². The van der Waals surface area contributed by atoms with Gasteiger partial charge in [-0.25, -0.2) is 0 Å². The largest absolute Gasteiger partial charge is 0.309 e. The second-order valence-corrected chi connectivity index (χ2v) is 5.61. The first-order chi connectivity index (χ1) is 9.01. The van der Waals surface area contributed by atoms with Gasteiger partial charge in [-0.05, 0) is 46.3 Å². The molecule has 0 amide bonds. The van der Waals surface area contributed by atoms with E-state index >= 15 is 0 Å². The number of nitrogens with one attached hydrogen (secondary N) is 1. The van der Waals surface area contributed by atoms with Gasteiger partial charge in [0.2, 0.25) is 0 Å². The molecule has 0 bridgehead atoms. The van der Waals surface area contributed by atoms with Gasteiger partial charge in [-0.3, -0.25) is 4.90 Å². The lowest BCUT2D eigenvalue weighted by Crippen LogP contribution is -2.46. The highest BCUT2D eigenvalue weighted by atomic mass is 15.2. The van der Waals surface area contributed by atoms with Gasteiger partial charge < -0.3 is 5.32 Å². The van der Waals surface area contributed by atoms with E-state index in [-0.39, 0.29) is 0 Å². The predicted octanol–water partition coefficient (Wildman–Crippen LogP) is 3.76. The van der Waals surface area contributed by atoms with Gasteiger partial charge in [-0.2, -0.15) is 0 Å². The van der Waals surface area contributed by atoms with Crippen LogP contribution in [0.3, 0.4) is 0 Å². The molecule has 0 aliphatic rings. The average molecular weight is 262 g/mol. The zero-order valence-corrected chi connectivity index (χ0v) is 13.4. The Bertz CT molecular complexity index is 356. The fraction of sp³-hybridized carbons (Fsp3) is 0.647. The van der Waals surface area contributed by atoms with Crippen molar-refractivity contribution in [3.8, 4) is 0 Å². The Morgan fingerprint density at radius 2 is 1.63 bits per heavy atom. The molecule has 0 heterocycles.